The zero-order valence-corrected chi connectivity index (χ0v) is 14.5. The van der Waals surface area contributed by atoms with Crippen LogP contribution < -0.4 is 0 Å². The predicted molar refractivity (Wildman–Crippen MR) is 88.5 cm³/mol. The summed E-state index contributed by atoms with van der Waals surface area (Å²) in [4.78, 5) is 26.8. The lowest BCUT2D eigenvalue weighted by molar-refractivity contribution is -0.139. The lowest BCUT2D eigenvalue weighted by Crippen LogP contribution is -2.51. The van der Waals surface area contributed by atoms with Crippen molar-refractivity contribution in [2.45, 2.75) is 43.5 Å². The Morgan fingerprint density at radius 2 is 1.88 bits per heavy atom. The maximum atomic E-state index is 12.8. The fraction of sp³-hybridized carbons (Fsp3) is 0.529. The number of nitrogens with zero attached hydrogens (tertiary/aromatic N) is 2. The second kappa shape index (κ2) is 6.55. The van der Waals surface area contributed by atoms with Crippen molar-refractivity contribution in [3.8, 4) is 0 Å². The Labute approximate surface area is 142 Å². The summed E-state index contributed by atoms with van der Waals surface area (Å²) in [5.41, 5.74) is 0. The van der Waals surface area contributed by atoms with Gasteiger partial charge in [0, 0.05) is 19.5 Å². The molecule has 2 saturated heterocycles. The van der Waals surface area contributed by atoms with Gasteiger partial charge in [0.15, 0.2) is 0 Å². The molecule has 2 aliphatic rings. The van der Waals surface area contributed by atoms with Gasteiger partial charge in [-0.3, -0.25) is 9.59 Å². The molecule has 2 unspecified atom stereocenters. The molecule has 2 amide bonds. The van der Waals surface area contributed by atoms with E-state index in [1.54, 1.807) is 23.1 Å². The zero-order valence-electron chi connectivity index (χ0n) is 13.7. The van der Waals surface area contributed by atoms with Gasteiger partial charge >= 0.3 is 0 Å². The second-order valence-electron chi connectivity index (χ2n) is 6.59. The molecule has 7 heteroatoms. The molecule has 0 aliphatic carbocycles. The Kier molecular flexibility index (Phi) is 4.62. The van der Waals surface area contributed by atoms with Crippen LogP contribution in [0.2, 0.25) is 0 Å². The zero-order chi connectivity index (χ0) is 17.3. The van der Waals surface area contributed by atoms with Crippen LogP contribution in [0.1, 0.15) is 32.6 Å². The van der Waals surface area contributed by atoms with E-state index in [-0.39, 0.29) is 23.6 Å². The van der Waals surface area contributed by atoms with Crippen LogP contribution in [0.3, 0.4) is 0 Å². The van der Waals surface area contributed by atoms with Gasteiger partial charge in [-0.25, -0.2) is 12.7 Å². The Morgan fingerprint density at radius 1 is 1.17 bits per heavy atom. The van der Waals surface area contributed by atoms with Crippen molar-refractivity contribution in [1.29, 1.82) is 0 Å². The van der Waals surface area contributed by atoms with Crippen molar-refractivity contribution in [1.82, 2.24) is 9.21 Å². The summed E-state index contributed by atoms with van der Waals surface area (Å²) < 4.78 is 26.5. The number of hydrogen-bond acceptors (Lipinski definition) is 4. The molecule has 6 nitrogen and oxygen atoms in total. The first kappa shape index (κ1) is 17.0. The number of carbonyl (C=O) groups is 2. The lowest BCUT2D eigenvalue weighted by Gasteiger charge is -2.34. The lowest BCUT2D eigenvalue weighted by atomic mass is 9.99. The van der Waals surface area contributed by atoms with Gasteiger partial charge in [-0.15, -0.1) is 0 Å². The molecule has 0 bridgehead atoms. The van der Waals surface area contributed by atoms with Crippen LogP contribution in [0, 0.1) is 5.92 Å². The van der Waals surface area contributed by atoms with E-state index >= 15 is 0 Å². The predicted octanol–water partition coefficient (Wildman–Crippen LogP) is 1.62. The van der Waals surface area contributed by atoms with Gasteiger partial charge in [-0.2, -0.15) is 0 Å². The molecule has 3 rings (SSSR count). The summed E-state index contributed by atoms with van der Waals surface area (Å²) in [5, 5.41) is 0. The van der Waals surface area contributed by atoms with Gasteiger partial charge in [0.25, 0.3) is 10.0 Å². The monoisotopic (exact) mass is 350 g/mol. The summed E-state index contributed by atoms with van der Waals surface area (Å²) >= 11 is 0. The molecule has 1 aromatic rings. The van der Waals surface area contributed by atoms with Crippen molar-refractivity contribution >= 4 is 21.8 Å². The molecule has 2 fully saturated rings. The fourth-order valence-corrected chi connectivity index (χ4v) is 5.11. The van der Waals surface area contributed by atoms with Crippen LogP contribution in [0.15, 0.2) is 35.2 Å². The van der Waals surface area contributed by atoms with E-state index in [2.05, 4.69) is 6.92 Å². The number of benzene rings is 1. The summed E-state index contributed by atoms with van der Waals surface area (Å²) in [6.45, 7) is 3.34. The standard InChI is InChI=1S/C17H22N2O4S/c1-13-6-5-11-18(12-13)17(21)15-9-10-16(20)19(15)24(22,23)14-7-3-2-4-8-14/h2-4,7-8,13,15H,5-6,9-12H2,1H3. The van der Waals surface area contributed by atoms with Crippen LogP contribution in [0.4, 0.5) is 0 Å². The topological polar surface area (TPSA) is 74.8 Å². The molecular weight excluding hydrogens is 328 g/mol. The molecular formula is C17H22N2O4S. The van der Waals surface area contributed by atoms with E-state index in [4.69, 9.17) is 0 Å². The van der Waals surface area contributed by atoms with Gasteiger partial charge in [0.1, 0.15) is 6.04 Å². The number of rotatable bonds is 3. The van der Waals surface area contributed by atoms with Gasteiger partial charge in [-0.05, 0) is 37.3 Å². The number of piperidine rings is 1. The Bertz CT molecular complexity index is 732. The van der Waals surface area contributed by atoms with Gasteiger partial charge in [0.05, 0.1) is 4.90 Å². The second-order valence-corrected chi connectivity index (χ2v) is 8.41. The minimum atomic E-state index is -4.00. The van der Waals surface area contributed by atoms with Crippen molar-refractivity contribution < 1.29 is 18.0 Å². The van der Waals surface area contributed by atoms with E-state index in [1.807, 2.05) is 0 Å². The summed E-state index contributed by atoms with van der Waals surface area (Å²) in [6, 6.07) is 6.92. The fourth-order valence-electron chi connectivity index (χ4n) is 3.49. The van der Waals surface area contributed by atoms with Crippen LogP contribution in [0.25, 0.3) is 0 Å². The quantitative estimate of drug-likeness (QED) is 0.830. The molecule has 2 heterocycles. The van der Waals surface area contributed by atoms with Crippen molar-refractivity contribution in [2.75, 3.05) is 13.1 Å². The molecule has 0 aromatic heterocycles. The maximum absolute atomic E-state index is 12.8. The Hall–Kier alpha value is -1.89. The minimum Gasteiger partial charge on any atom is -0.341 e. The number of sulfonamides is 1. The SMILES string of the molecule is CC1CCCN(C(=O)C2CCC(=O)N2S(=O)(=O)c2ccccc2)C1. The van der Waals surface area contributed by atoms with Crippen molar-refractivity contribution in [3.05, 3.63) is 30.3 Å². The Balaban J connectivity index is 1.88. The first-order chi connectivity index (χ1) is 11.4. The number of likely N-dealkylation sites (tertiary alicyclic amines) is 1. The summed E-state index contributed by atoms with van der Waals surface area (Å²) in [6.07, 6.45) is 2.33. The highest BCUT2D eigenvalue weighted by Crippen LogP contribution is 2.29. The molecule has 130 valence electrons. The largest absolute Gasteiger partial charge is 0.341 e. The third-order valence-corrected chi connectivity index (χ3v) is 6.56. The average molecular weight is 350 g/mol. The van der Waals surface area contributed by atoms with Crippen LogP contribution in [-0.2, 0) is 19.6 Å². The third-order valence-electron chi connectivity index (χ3n) is 4.71. The van der Waals surface area contributed by atoms with E-state index in [9.17, 15) is 18.0 Å². The first-order valence-electron chi connectivity index (χ1n) is 8.32. The van der Waals surface area contributed by atoms with E-state index in [1.165, 1.54) is 12.1 Å². The maximum Gasteiger partial charge on any atom is 0.267 e. The molecule has 2 aliphatic heterocycles. The molecule has 2 atom stereocenters. The van der Waals surface area contributed by atoms with E-state index in [0.29, 0.717) is 19.0 Å². The molecule has 0 saturated carbocycles. The highest BCUT2D eigenvalue weighted by Gasteiger charge is 2.45. The highest BCUT2D eigenvalue weighted by atomic mass is 32.2. The van der Waals surface area contributed by atoms with Gasteiger partial charge < -0.3 is 4.90 Å². The van der Waals surface area contributed by atoms with Crippen molar-refractivity contribution in [3.63, 3.8) is 0 Å². The van der Waals surface area contributed by atoms with Crippen LogP contribution in [0.5, 0.6) is 0 Å². The molecule has 0 radical (unpaired) electrons. The molecule has 1 aromatic carbocycles. The van der Waals surface area contributed by atoms with Crippen molar-refractivity contribution in [2.24, 2.45) is 5.92 Å². The summed E-state index contributed by atoms with van der Waals surface area (Å²) in [7, 11) is -4.00. The summed E-state index contributed by atoms with van der Waals surface area (Å²) in [5.74, 6) is -0.340. The number of hydrogen-bond donors (Lipinski definition) is 0. The van der Waals surface area contributed by atoms with E-state index in [0.717, 1.165) is 17.1 Å². The highest BCUT2D eigenvalue weighted by molar-refractivity contribution is 7.89. The first-order valence-corrected chi connectivity index (χ1v) is 9.76. The smallest absolute Gasteiger partial charge is 0.267 e. The average Bonchev–Trinajstić information content (AvgIpc) is 2.97. The molecule has 24 heavy (non-hydrogen) atoms. The van der Waals surface area contributed by atoms with Crippen LogP contribution in [-0.4, -0.2) is 48.6 Å². The van der Waals surface area contributed by atoms with Gasteiger partial charge in [-0.1, -0.05) is 25.1 Å². The minimum absolute atomic E-state index is 0.0464. The number of amides is 2. The van der Waals surface area contributed by atoms with Crippen LogP contribution >= 0.6 is 0 Å². The van der Waals surface area contributed by atoms with E-state index < -0.39 is 22.0 Å². The molecule has 0 spiro atoms. The normalized spacial score (nSPS) is 25.1. The number of carbonyl (C=O) groups excluding carboxylic acids is 2. The Morgan fingerprint density at radius 3 is 2.54 bits per heavy atom. The molecule has 0 N–H and O–H groups in total. The third kappa shape index (κ3) is 3.05. The van der Waals surface area contributed by atoms with Gasteiger partial charge in [0.2, 0.25) is 11.8 Å².